The molecule has 1 saturated carbocycles. The third-order valence-corrected chi connectivity index (χ3v) is 2.39. The van der Waals surface area contributed by atoms with Crippen LogP contribution in [-0.4, -0.2) is 9.55 Å². The van der Waals surface area contributed by atoms with E-state index >= 15 is 0 Å². The lowest BCUT2D eigenvalue weighted by Crippen LogP contribution is -2.22. The summed E-state index contributed by atoms with van der Waals surface area (Å²) in [4.78, 5) is 4.21. The molecule has 1 aliphatic carbocycles. The Hall–Kier alpha value is -0.790. The number of rotatable bonds is 1. The second kappa shape index (κ2) is 2.35. The molecule has 0 aliphatic heterocycles. The van der Waals surface area contributed by atoms with E-state index in [1.165, 1.54) is 18.5 Å². The summed E-state index contributed by atoms with van der Waals surface area (Å²) in [6.07, 6.45) is 6.67. The molecule has 0 bridgehead atoms. The molecular weight excluding hydrogens is 148 g/mol. The second-order valence-electron chi connectivity index (χ2n) is 4.63. The summed E-state index contributed by atoms with van der Waals surface area (Å²) in [5.41, 5.74) is 1.61. The highest BCUT2D eigenvalue weighted by atomic mass is 15.1. The van der Waals surface area contributed by atoms with E-state index in [4.69, 9.17) is 0 Å². The molecule has 0 unspecified atom stereocenters. The van der Waals surface area contributed by atoms with Crippen molar-refractivity contribution >= 4 is 0 Å². The molecule has 1 fully saturated rings. The Balaban J connectivity index is 2.36. The van der Waals surface area contributed by atoms with Crippen molar-refractivity contribution in [3.05, 3.63) is 18.2 Å². The third kappa shape index (κ3) is 1.26. The highest BCUT2D eigenvalue weighted by Crippen LogP contribution is 2.41. The number of nitrogens with zero attached hydrogens (tertiary/aromatic N) is 2. The van der Waals surface area contributed by atoms with Crippen LogP contribution in [0.1, 0.15) is 45.2 Å². The maximum atomic E-state index is 4.21. The van der Waals surface area contributed by atoms with E-state index in [2.05, 4.69) is 30.3 Å². The van der Waals surface area contributed by atoms with Crippen LogP contribution < -0.4 is 0 Å². The first-order chi connectivity index (χ1) is 5.59. The number of hydrogen-bond acceptors (Lipinski definition) is 1. The maximum absolute atomic E-state index is 4.21. The zero-order chi connectivity index (χ0) is 8.77. The van der Waals surface area contributed by atoms with Gasteiger partial charge in [0, 0.05) is 23.3 Å². The Bertz CT molecular complexity index is 276. The molecule has 1 aromatic heterocycles. The topological polar surface area (TPSA) is 17.8 Å². The highest BCUT2D eigenvalue weighted by molar-refractivity contribution is 5.14. The van der Waals surface area contributed by atoms with Crippen molar-refractivity contribution < 1.29 is 0 Å². The fourth-order valence-corrected chi connectivity index (χ4v) is 1.55. The lowest BCUT2D eigenvalue weighted by Gasteiger charge is -2.23. The van der Waals surface area contributed by atoms with Gasteiger partial charge in [0.2, 0.25) is 0 Å². The van der Waals surface area contributed by atoms with E-state index in [1.54, 1.807) is 0 Å². The van der Waals surface area contributed by atoms with Crippen LogP contribution in [0.15, 0.2) is 12.5 Å². The van der Waals surface area contributed by atoms with Gasteiger partial charge >= 0.3 is 0 Å². The second-order valence-corrected chi connectivity index (χ2v) is 4.63. The molecule has 12 heavy (non-hydrogen) atoms. The van der Waals surface area contributed by atoms with Crippen LogP contribution in [0.25, 0.3) is 0 Å². The van der Waals surface area contributed by atoms with Gasteiger partial charge in [-0.05, 0) is 33.6 Å². The van der Waals surface area contributed by atoms with Gasteiger partial charge in [-0.2, -0.15) is 0 Å². The average Bonchev–Trinajstić information content (AvgIpc) is 2.65. The fraction of sp³-hybridized carbons (Fsp3) is 0.700. The summed E-state index contributed by atoms with van der Waals surface area (Å²) in [6.45, 7) is 6.67. The van der Waals surface area contributed by atoms with E-state index in [9.17, 15) is 0 Å². The Kier molecular flexibility index (Phi) is 1.53. The van der Waals surface area contributed by atoms with Gasteiger partial charge in [-0.3, -0.25) is 0 Å². The van der Waals surface area contributed by atoms with Gasteiger partial charge < -0.3 is 4.57 Å². The molecule has 0 spiro atoms. The van der Waals surface area contributed by atoms with Crippen LogP contribution >= 0.6 is 0 Å². The largest absolute Gasteiger partial charge is 0.329 e. The van der Waals surface area contributed by atoms with E-state index in [0.29, 0.717) is 0 Å². The van der Waals surface area contributed by atoms with Crippen molar-refractivity contribution in [3.63, 3.8) is 0 Å². The molecule has 0 radical (unpaired) electrons. The quantitative estimate of drug-likeness (QED) is 0.623. The smallest absolute Gasteiger partial charge is 0.0953 e. The van der Waals surface area contributed by atoms with Gasteiger partial charge in [0.15, 0.2) is 0 Å². The fourth-order valence-electron chi connectivity index (χ4n) is 1.55. The van der Waals surface area contributed by atoms with Gasteiger partial charge in [-0.1, -0.05) is 0 Å². The number of aromatic nitrogens is 2. The summed E-state index contributed by atoms with van der Waals surface area (Å²) >= 11 is 0. The lowest BCUT2D eigenvalue weighted by molar-refractivity contribution is 0.384. The van der Waals surface area contributed by atoms with Gasteiger partial charge in [0.25, 0.3) is 0 Å². The van der Waals surface area contributed by atoms with E-state index < -0.39 is 0 Å². The predicted molar refractivity (Wildman–Crippen MR) is 49.2 cm³/mol. The molecule has 2 rings (SSSR count). The summed E-state index contributed by atoms with van der Waals surface area (Å²) in [6, 6.07) is 0. The zero-order valence-electron chi connectivity index (χ0n) is 8.04. The molecule has 1 aliphatic rings. The van der Waals surface area contributed by atoms with Crippen molar-refractivity contribution in [1.29, 1.82) is 0 Å². The van der Waals surface area contributed by atoms with Gasteiger partial charge in [0.05, 0.1) is 6.33 Å². The van der Waals surface area contributed by atoms with Crippen LogP contribution in [0, 0.1) is 0 Å². The summed E-state index contributed by atoms with van der Waals surface area (Å²) in [7, 11) is 0. The molecule has 1 heterocycles. The van der Waals surface area contributed by atoms with Crippen LogP contribution in [0.5, 0.6) is 0 Å². The monoisotopic (exact) mass is 164 g/mol. The zero-order valence-corrected chi connectivity index (χ0v) is 8.04. The first kappa shape index (κ1) is 7.84. The molecule has 0 aromatic carbocycles. The minimum Gasteiger partial charge on any atom is -0.329 e. The van der Waals surface area contributed by atoms with Gasteiger partial charge in [-0.15, -0.1) is 0 Å². The van der Waals surface area contributed by atoms with Crippen molar-refractivity contribution in [3.8, 4) is 0 Å². The van der Waals surface area contributed by atoms with Crippen molar-refractivity contribution in [2.75, 3.05) is 0 Å². The SMILES string of the molecule is CC(C)(C)n1cncc1C1CC1. The van der Waals surface area contributed by atoms with Crippen LogP contribution in [0.3, 0.4) is 0 Å². The van der Waals surface area contributed by atoms with Crippen LogP contribution in [-0.2, 0) is 5.54 Å². The van der Waals surface area contributed by atoms with Crippen LogP contribution in [0.4, 0.5) is 0 Å². The molecule has 66 valence electrons. The number of hydrogen-bond donors (Lipinski definition) is 0. The van der Waals surface area contributed by atoms with Gasteiger partial charge in [-0.25, -0.2) is 4.98 Å². The Morgan fingerprint density at radius 2 is 2.08 bits per heavy atom. The summed E-state index contributed by atoms with van der Waals surface area (Å²) in [5, 5.41) is 0. The Morgan fingerprint density at radius 3 is 2.58 bits per heavy atom. The molecular formula is C10H16N2. The van der Waals surface area contributed by atoms with Crippen molar-refractivity contribution in [2.45, 2.75) is 45.1 Å². The normalized spacial score (nSPS) is 18.2. The first-order valence-corrected chi connectivity index (χ1v) is 4.62. The first-order valence-electron chi connectivity index (χ1n) is 4.62. The standard InChI is InChI=1S/C10H16N2/c1-10(2,3)12-7-11-6-9(12)8-4-5-8/h6-8H,4-5H2,1-3H3. The molecule has 2 heteroatoms. The molecule has 1 aromatic rings. The summed E-state index contributed by atoms with van der Waals surface area (Å²) in [5.74, 6) is 0.798. The predicted octanol–water partition coefficient (Wildman–Crippen LogP) is 2.52. The molecule has 0 N–H and O–H groups in total. The van der Waals surface area contributed by atoms with E-state index in [0.717, 1.165) is 5.92 Å². The highest BCUT2D eigenvalue weighted by Gasteiger charge is 2.29. The Labute approximate surface area is 73.6 Å². The van der Waals surface area contributed by atoms with Crippen LogP contribution in [0.2, 0.25) is 0 Å². The maximum Gasteiger partial charge on any atom is 0.0953 e. The minimum absolute atomic E-state index is 0.189. The van der Waals surface area contributed by atoms with Crippen molar-refractivity contribution in [1.82, 2.24) is 9.55 Å². The van der Waals surface area contributed by atoms with E-state index in [-0.39, 0.29) is 5.54 Å². The minimum atomic E-state index is 0.189. The molecule has 2 nitrogen and oxygen atoms in total. The van der Waals surface area contributed by atoms with Gasteiger partial charge in [0.1, 0.15) is 0 Å². The van der Waals surface area contributed by atoms with Crippen molar-refractivity contribution in [2.24, 2.45) is 0 Å². The molecule has 0 atom stereocenters. The number of imidazole rings is 1. The summed E-state index contributed by atoms with van der Waals surface area (Å²) < 4.78 is 2.30. The lowest BCUT2D eigenvalue weighted by atomic mass is 10.1. The Morgan fingerprint density at radius 1 is 1.42 bits per heavy atom. The molecule has 0 saturated heterocycles. The molecule has 0 amide bonds. The third-order valence-electron chi connectivity index (χ3n) is 2.39. The average molecular weight is 164 g/mol. The van der Waals surface area contributed by atoms with E-state index in [1.807, 2.05) is 12.5 Å².